The van der Waals surface area contributed by atoms with E-state index in [0.29, 0.717) is 17.1 Å². The van der Waals surface area contributed by atoms with Crippen LogP contribution in [0, 0.1) is 5.92 Å². The van der Waals surface area contributed by atoms with Gasteiger partial charge >= 0.3 is 5.97 Å². The van der Waals surface area contributed by atoms with Gasteiger partial charge in [-0.25, -0.2) is 4.79 Å². The molecule has 1 aliphatic heterocycles. The molecule has 0 radical (unpaired) electrons. The van der Waals surface area contributed by atoms with Crippen LogP contribution in [0.2, 0.25) is 0 Å². The molecule has 0 saturated carbocycles. The van der Waals surface area contributed by atoms with Crippen molar-refractivity contribution in [3.8, 4) is 0 Å². The highest BCUT2D eigenvalue weighted by Crippen LogP contribution is 2.25. The quantitative estimate of drug-likeness (QED) is 0.815. The summed E-state index contributed by atoms with van der Waals surface area (Å²) in [6.07, 6.45) is 1.89. The van der Waals surface area contributed by atoms with E-state index in [4.69, 9.17) is 0 Å². The second-order valence-electron chi connectivity index (χ2n) is 4.19. The highest BCUT2D eigenvalue weighted by molar-refractivity contribution is 7.14. The number of thiophene rings is 1. The molecule has 1 aromatic rings. The fourth-order valence-electron chi connectivity index (χ4n) is 1.97. The number of methoxy groups -OCH3 is 1. The lowest BCUT2D eigenvalue weighted by atomic mass is 9.99. The van der Waals surface area contributed by atoms with Crippen LogP contribution in [0.25, 0.3) is 0 Å². The van der Waals surface area contributed by atoms with Crippen molar-refractivity contribution in [2.75, 3.05) is 25.5 Å². The van der Waals surface area contributed by atoms with E-state index in [1.807, 2.05) is 0 Å². The molecule has 1 atom stereocenters. The van der Waals surface area contributed by atoms with Crippen molar-refractivity contribution in [2.45, 2.75) is 12.8 Å². The Balaban J connectivity index is 2.02. The lowest BCUT2D eigenvalue weighted by Crippen LogP contribution is -2.37. The Labute approximate surface area is 110 Å². The summed E-state index contributed by atoms with van der Waals surface area (Å²) in [6.45, 7) is 1.67. The van der Waals surface area contributed by atoms with Gasteiger partial charge in [0.25, 0.3) is 0 Å². The lowest BCUT2D eigenvalue weighted by Gasteiger charge is -2.21. The maximum atomic E-state index is 12.0. The maximum absolute atomic E-state index is 12.0. The second-order valence-corrected chi connectivity index (χ2v) is 5.10. The highest BCUT2D eigenvalue weighted by atomic mass is 32.1. The lowest BCUT2D eigenvalue weighted by molar-refractivity contribution is -0.120. The van der Waals surface area contributed by atoms with Gasteiger partial charge in [-0.2, -0.15) is 0 Å². The summed E-state index contributed by atoms with van der Waals surface area (Å²) in [7, 11) is 1.33. The molecule has 0 aliphatic carbocycles. The predicted molar refractivity (Wildman–Crippen MR) is 69.9 cm³/mol. The summed E-state index contributed by atoms with van der Waals surface area (Å²) in [5.41, 5.74) is 0.416. The van der Waals surface area contributed by atoms with E-state index in [-0.39, 0.29) is 11.8 Å². The van der Waals surface area contributed by atoms with E-state index >= 15 is 0 Å². The summed E-state index contributed by atoms with van der Waals surface area (Å²) < 4.78 is 4.67. The van der Waals surface area contributed by atoms with Gasteiger partial charge in [0.05, 0.1) is 18.6 Å². The van der Waals surface area contributed by atoms with Crippen molar-refractivity contribution in [3.05, 3.63) is 17.0 Å². The molecule has 1 aliphatic rings. The number of carbonyl (C=O) groups is 2. The van der Waals surface area contributed by atoms with Crippen molar-refractivity contribution in [1.29, 1.82) is 0 Å². The fourth-order valence-corrected chi connectivity index (χ4v) is 2.74. The van der Waals surface area contributed by atoms with Crippen molar-refractivity contribution < 1.29 is 14.3 Å². The molecule has 98 valence electrons. The third-order valence-electron chi connectivity index (χ3n) is 2.97. The van der Waals surface area contributed by atoms with Crippen LogP contribution in [0.3, 0.4) is 0 Å². The molecule has 0 spiro atoms. The van der Waals surface area contributed by atoms with Crippen molar-refractivity contribution in [1.82, 2.24) is 5.32 Å². The number of anilines is 1. The number of amides is 1. The van der Waals surface area contributed by atoms with Crippen LogP contribution < -0.4 is 10.6 Å². The van der Waals surface area contributed by atoms with Crippen LogP contribution in [-0.2, 0) is 9.53 Å². The first kappa shape index (κ1) is 13.0. The average Bonchev–Trinajstić information content (AvgIpc) is 2.87. The van der Waals surface area contributed by atoms with E-state index in [1.54, 1.807) is 11.4 Å². The highest BCUT2D eigenvalue weighted by Gasteiger charge is 2.23. The molecular weight excluding hydrogens is 252 g/mol. The summed E-state index contributed by atoms with van der Waals surface area (Å²) in [5.74, 6) is -0.477. The Morgan fingerprint density at radius 3 is 3.06 bits per heavy atom. The topological polar surface area (TPSA) is 67.4 Å². The third kappa shape index (κ3) is 2.88. The second kappa shape index (κ2) is 5.97. The first-order chi connectivity index (χ1) is 8.72. The van der Waals surface area contributed by atoms with Gasteiger partial charge in [0, 0.05) is 6.54 Å². The zero-order valence-corrected chi connectivity index (χ0v) is 11.0. The third-order valence-corrected chi connectivity index (χ3v) is 3.80. The first-order valence-electron chi connectivity index (χ1n) is 5.89. The van der Waals surface area contributed by atoms with Gasteiger partial charge in [-0.1, -0.05) is 0 Å². The zero-order chi connectivity index (χ0) is 13.0. The van der Waals surface area contributed by atoms with Gasteiger partial charge < -0.3 is 15.4 Å². The van der Waals surface area contributed by atoms with Gasteiger partial charge in [0.2, 0.25) is 5.91 Å². The summed E-state index contributed by atoms with van der Waals surface area (Å²) in [5, 5.41) is 8.34. The number of rotatable bonds is 3. The Morgan fingerprint density at radius 1 is 1.56 bits per heavy atom. The van der Waals surface area contributed by atoms with Gasteiger partial charge in [0.1, 0.15) is 5.00 Å². The van der Waals surface area contributed by atoms with Gasteiger partial charge in [0.15, 0.2) is 0 Å². The minimum Gasteiger partial charge on any atom is -0.465 e. The minimum atomic E-state index is -0.423. The molecule has 5 nitrogen and oxygen atoms in total. The molecule has 1 aromatic heterocycles. The van der Waals surface area contributed by atoms with Crippen LogP contribution >= 0.6 is 11.3 Å². The van der Waals surface area contributed by atoms with E-state index in [0.717, 1.165) is 19.4 Å². The van der Waals surface area contributed by atoms with Crippen molar-refractivity contribution in [3.63, 3.8) is 0 Å². The molecule has 1 saturated heterocycles. The normalized spacial score (nSPS) is 19.3. The summed E-state index contributed by atoms with van der Waals surface area (Å²) in [4.78, 5) is 23.5. The molecule has 2 N–H and O–H groups in total. The Hall–Kier alpha value is -1.40. The van der Waals surface area contributed by atoms with Gasteiger partial charge in [-0.3, -0.25) is 4.79 Å². The molecule has 0 aromatic carbocycles. The van der Waals surface area contributed by atoms with Crippen LogP contribution in [0.5, 0.6) is 0 Å². The molecule has 1 fully saturated rings. The van der Waals surface area contributed by atoms with Crippen LogP contribution in [-0.4, -0.2) is 32.1 Å². The SMILES string of the molecule is COC(=O)c1ccsc1NC(=O)C1CCCNC1. The van der Waals surface area contributed by atoms with E-state index in [9.17, 15) is 9.59 Å². The van der Waals surface area contributed by atoms with E-state index < -0.39 is 5.97 Å². The van der Waals surface area contributed by atoms with Crippen LogP contribution in [0.1, 0.15) is 23.2 Å². The van der Waals surface area contributed by atoms with E-state index in [2.05, 4.69) is 15.4 Å². The van der Waals surface area contributed by atoms with Crippen LogP contribution in [0.15, 0.2) is 11.4 Å². The Bertz CT molecular complexity index is 438. The Kier molecular flexibility index (Phi) is 4.33. The number of nitrogens with one attached hydrogen (secondary N) is 2. The fraction of sp³-hybridized carbons (Fsp3) is 0.500. The molecule has 2 heterocycles. The van der Waals surface area contributed by atoms with Crippen LogP contribution in [0.4, 0.5) is 5.00 Å². The number of esters is 1. The van der Waals surface area contributed by atoms with Crippen molar-refractivity contribution >= 4 is 28.2 Å². The smallest absolute Gasteiger partial charge is 0.340 e. The molecule has 6 heteroatoms. The number of ether oxygens (including phenoxy) is 1. The molecule has 2 rings (SSSR count). The monoisotopic (exact) mass is 268 g/mol. The molecular formula is C12H16N2O3S. The number of hydrogen-bond acceptors (Lipinski definition) is 5. The Morgan fingerprint density at radius 2 is 2.39 bits per heavy atom. The molecule has 18 heavy (non-hydrogen) atoms. The van der Waals surface area contributed by atoms with Gasteiger partial charge in [-0.05, 0) is 30.8 Å². The van der Waals surface area contributed by atoms with Crippen molar-refractivity contribution in [2.24, 2.45) is 5.92 Å². The summed E-state index contributed by atoms with van der Waals surface area (Å²) in [6, 6.07) is 1.66. The minimum absolute atomic E-state index is 0.0219. The number of hydrogen-bond donors (Lipinski definition) is 2. The van der Waals surface area contributed by atoms with E-state index in [1.165, 1.54) is 18.4 Å². The maximum Gasteiger partial charge on any atom is 0.340 e. The number of piperidine rings is 1. The van der Waals surface area contributed by atoms with Gasteiger partial charge in [-0.15, -0.1) is 11.3 Å². The predicted octanol–water partition coefficient (Wildman–Crippen LogP) is 1.47. The molecule has 1 unspecified atom stereocenters. The zero-order valence-electron chi connectivity index (χ0n) is 10.2. The largest absolute Gasteiger partial charge is 0.465 e. The summed E-state index contributed by atoms with van der Waals surface area (Å²) >= 11 is 1.33. The molecule has 0 bridgehead atoms. The number of carbonyl (C=O) groups excluding carboxylic acids is 2. The molecule has 1 amide bonds. The first-order valence-corrected chi connectivity index (χ1v) is 6.77. The average molecular weight is 268 g/mol. The standard InChI is InChI=1S/C12H16N2O3S/c1-17-12(16)9-4-6-18-11(9)14-10(15)8-3-2-5-13-7-8/h4,6,8,13H,2-3,5,7H2,1H3,(H,14,15).